The van der Waals surface area contributed by atoms with Crippen molar-refractivity contribution in [2.24, 2.45) is 0 Å². The molecule has 0 aliphatic heterocycles. The molecule has 0 saturated heterocycles. The summed E-state index contributed by atoms with van der Waals surface area (Å²) >= 11 is 5.87. The Morgan fingerprint density at radius 1 is 1.50 bits per heavy atom. The molecule has 5 heteroatoms. The largest absolute Gasteiger partial charge is 0.398 e. The van der Waals surface area contributed by atoms with E-state index in [4.69, 9.17) is 17.3 Å². The fourth-order valence-corrected chi connectivity index (χ4v) is 1.62. The number of nitrogens with zero attached hydrogens (tertiary/aromatic N) is 2. The number of benzene rings is 1. The van der Waals surface area contributed by atoms with Crippen molar-refractivity contribution in [3.8, 4) is 0 Å². The fraction of sp³-hybridized carbons (Fsp3) is 0.182. The molecule has 2 N–H and O–H groups in total. The SMILES string of the molecule is Cc1c(Cl)cnn1Cc1c(N)cccc1F. The third kappa shape index (κ3) is 1.88. The van der Waals surface area contributed by atoms with Crippen molar-refractivity contribution in [2.75, 3.05) is 5.73 Å². The number of hydrogen-bond acceptors (Lipinski definition) is 2. The molecule has 0 atom stereocenters. The number of halogens is 2. The highest BCUT2D eigenvalue weighted by Crippen LogP contribution is 2.19. The molecule has 3 nitrogen and oxygen atoms in total. The van der Waals surface area contributed by atoms with Gasteiger partial charge in [0.2, 0.25) is 0 Å². The van der Waals surface area contributed by atoms with Crippen LogP contribution in [0.2, 0.25) is 5.02 Å². The van der Waals surface area contributed by atoms with Crippen LogP contribution in [0, 0.1) is 12.7 Å². The minimum atomic E-state index is -0.328. The summed E-state index contributed by atoms with van der Waals surface area (Å²) in [5.74, 6) is -0.328. The molecule has 1 aromatic heterocycles. The van der Waals surface area contributed by atoms with Gasteiger partial charge in [0.25, 0.3) is 0 Å². The van der Waals surface area contributed by atoms with Crippen molar-refractivity contribution >= 4 is 17.3 Å². The number of hydrogen-bond donors (Lipinski definition) is 1. The van der Waals surface area contributed by atoms with E-state index in [1.807, 2.05) is 6.92 Å². The molecular weight excluding hydrogens is 229 g/mol. The molecule has 0 saturated carbocycles. The summed E-state index contributed by atoms with van der Waals surface area (Å²) in [5.41, 5.74) is 7.37. The third-order valence-electron chi connectivity index (χ3n) is 2.51. The first-order chi connectivity index (χ1) is 7.59. The van der Waals surface area contributed by atoms with Crippen molar-refractivity contribution < 1.29 is 4.39 Å². The van der Waals surface area contributed by atoms with Gasteiger partial charge < -0.3 is 5.73 Å². The van der Waals surface area contributed by atoms with Gasteiger partial charge in [-0.25, -0.2) is 4.39 Å². The number of nitrogens with two attached hydrogens (primary N) is 1. The summed E-state index contributed by atoms with van der Waals surface area (Å²) in [6.45, 7) is 2.11. The molecule has 0 aliphatic carbocycles. The lowest BCUT2D eigenvalue weighted by Gasteiger charge is -2.08. The normalized spacial score (nSPS) is 10.7. The predicted octanol–water partition coefficient (Wildman–Crippen LogP) is 2.61. The fourth-order valence-electron chi connectivity index (χ4n) is 1.48. The van der Waals surface area contributed by atoms with Crippen molar-refractivity contribution in [3.05, 3.63) is 46.5 Å². The Kier molecular flexibility index (Phi) is 2.83. The van der Waals surface area contributed by atoms with Crippen LogP contribution in [0.5, 0.6) is 0 Å². The van der Waals surface area contributed by atoms with Gasteiger partial charge in [0.05, 0.1) is 23.5 Å². The van der Waals surface area contributed by atoms with E-state index in [-0.39, 0.29) is 12.4 Å². The van der Waals surface area contributed by atoms with Crippen LogP contribution in [0.1, 0.15) is 11.3 Å². The average Bonchev–Trinajstić information content (AvgIpc) is 2.55. The Morgan fingerprint density at radius 2 is 2.25 bits per heavy atom. The summed E-state index contributed by atoms with van der Waals surface area (Å²) in [5, 5.41) is 4.62. The van der Waals surface area contributed by atoms with Gasteiger partial charge in [-0.3, -0.25) is 4.68 Å². The first kappa shape index (κ1) is 11.0. The first-order valence-corrected chi connectivity index (χ1v) is 5.18. The Hall–Kier alpha value is -1.55. The van der Waals surface area contributed by atoms with Gasteiger partial charge in [0, 0.05) is 11.3 Å². The van der Waals surface area contributed by atoms with Crippen molar-refractivity contribution in [1.82, 2.24) is 9.78 Å². The van der Waals surface area contributed by atoms with Crippen LogP contribution in [0.15, 0.2) is 24.4 Å². The van der Waals surface area contributed by atoms with E-state index < -0.39 is 0 Å². The molecular formula is C11H11ClFN3. The van der Waals surface area contributed by atoms with Crippen LogP contribution in [0.25, 0.3) is 0 Å². The molecule has 84 valence electrons. The highest BCUT2D eigenvalue weighted by Gasteiger charge is 2.10. The number of rotatable bonds is 2. The molecule has 0 fully saturated rings. The van der Waals surface area contributed by atoms with E-state index in [0.29, 0.717) is 16.3 Å². The first-order valence-electron chi connectivity index (χ1n) is 4.80. The second-order valence-electron chi connectivity index (χ2n) is 3.54. The number of anilines is 1. The molecule has 0 radical (unpaired) electrons. The maximum Gasteiger partial charge on any atom is 0.130 e. The van der Waals surface area contributed by atoms with Crippen LogP contribution in [0.4, 0.5) is 10.1 Å². The lowest BCUT2D eigenvalue weighted by Crippen LogP contribution is -2.08. The highest BCUT2D eigenvalue weighted by atomic mass is 35.5. The monoisotopic (exact) mass is 239 g/mol. The van der Waals surface area contributed by atoms with Gasteiger partial charge in [-0.1, -0.05) is 17.7 Å². The minimum Gasteiger partial charge on any atom is -0.398 e. The second kappa shape index (κ2) is 4.14. The molecule has 1 heterocycles. The molecule has 16 heavy (non-hydrogen) atoms. The Labute approximate surface area is 97.6 Å². The van der Waals surface area contributed by atoms with Gasteiger partial charge in [0.1, 0.15) is 5.82 Å². The van der Waals surface area contributed by atoms with E-state index in [1.54, 1.807) is 16.8 Å². The molecule has 1 aromatic carbocycles. The molecule has 2 rings (SSSR count). The summed E-state index contributed by atoms with van der Waals surface area (Å²) in [7, 11) is 0. The minimum absolute atomic E-state index is 0.289. The summed E-state index contributed by atoms with van der Waals surface area (Å²) in [4.78, 5) is 0. The van der Waals surface area contributed by atoms with Crippen LogP contribution in [0.3, 0.4) is 0 Å². The Balaban J connectivity index is 2.38. The summed E-state index contributed by atoms with van der Waals surface area (Å²) in [6.07, 6.45) is 1.54. The molecule has 0 bridgehead atoms. The van der Waals surface area contributed by atoms with Crippen molar-refractivity contribution in [1.29, 1.82) is 0 Å². The summed E-state index contributed by atoms with van der Waals surface area (Å²) in [6, 6.07) is 4.63. The lowest BCUT2D eigenvalue weighted by molar-refractivity contribution is 0.582. The third-order valence-corrected chi connectivity index (χ3v) is 2.88. The quantitative estimate of drug-likeness (QED) is 0.819. The van der Waals surface area contributed by atoms with Crippen molar-refractivity contribution in [2.45, 2.75) is 13.5 Å². The van der Waals surface area contributed by atoms with E-state index in [0.717, 1.165) is 5.69 Å². The summed E-state index contributed by atoms with van der Waals surface area (Å²) < 4.78 is 15.1. The van der Waals surface area contributed by atoms with Gasteiger partial charge >= 0.3 is 0 Å². The standard InChI is InChI=1S/C11H11ClFN3/c1-7-9(12)5-15-16(7)6-8-10(13)3-2-4-11(8)14/h2-5H,6,14H2,1H3. The van der Waals surface area contributed by atoms with E-state index in [1.165, 1.54) is 12.3 Å². The van der Waals surface area contributed by atoms with Gasteiger partial charge in [-0.05, 0) is 19.1 Å². The zero-order valence-corrected chi connectivity index (χ0v) is 9.50. The zero-order chi connectivity index (χ0) is 11.7. The van der Waals surface area contributed by atoms with Gasteiger partial charge in [0.15, 0.2) is 0 Å². The van der Waals surface area contributed by atoms with Crippen LogP contribution < -0.4 is 5.73 Å². The Morgan fingerprint density at radius 3 is 2.81 bits per heavy atom. The highest BCUT2D eigenvalue weighted by molar-refractivity contribution is 6.31. The number of nitrogen functional groups attached to an aromatic ring is 1. The van der Waals surface area contributed by atoms with Crippen LogP contribution in [-0.2, 0) is 6.54 Å². The van der Waals surface area contributed by atoms with E-state index >= 15 is 0 Å². The van der Waals surface area contributed by atoms with Gasteiger partial charge in [-0.15, -0.1) is 0 Å². The molecule has 0 amide bonds. The Bertz CT molecular complexity index is 502. The molecule has 2 aromatic rings. The molecule has 0 spiro atoms. The van der Waals surface area contributed by atoms with E-state index in [9.17, 15) is 4.39 Å². The molecule has 0 aliphatic rings. The maximum absolute atomic E-state index is 13.5. The average molecular weight is 240 g/mol. The topological polar surface area (TPSA) is 43.8 Å². The maximum atomic E-state index is 13.5. The van der Waals surface area contributed by atoms with Crippen molar-refractivity contribution in [3.63, 3.8) is 0 Å². The van der Waals surface area contributed by atoms with Crippen LogP contribution in [-0.4, -0.2) is 9.78 Å². The lowest BCUT2D eigenvalue weighted by atomic mass is 10.1. The zero-order valence-electron chi connectivity index (χ0n) is 8.74. The smallest absolute Gasteiger partial charge is 0.130 e. The number of aromatic nitrogens is 2. The predicted molar refractivity (Wildman–Crippen MR) is 61.9 cm³/mol. The van der Waals surface area contributed by atoms with Gasteiger partial charge in [-0.2, -0.15) is 5.10 Å². The molecule has 0 unspecified atom stereocenters. The van der Waals surface area contributed by atoms with Crippen LogP contribution >= 0.6 is 11.6 Å². The second-order valence-corrected chi connectivity index (χ2v) is 3.95. The van der Waals surface area contributed by atoms with E-state index in [2.05, 4.69) is 5.10 Å².